The third-order valence-corrected chi connectivity index (χ3v) is 4.13. The zero-order chi connectivity index (χ0) is 11.4. The monoisotopic (exact) mass is 226 g/mol. The molecule has 15 heavy (non-hydrogen) atoms. The van der Waals surface area contributed by atoms with Crippen LogP contribution in [0.5, 0.6) is 0 Å². The Hall–Kier alpha value is -0.410. The smallest absolute Gasteiger partial charge is 0.110 e. The van der Waals surface area contributed by atoms with E-state index in [9.17, 15) is 0 Å². The SMILES string of the molecule is CCc1nc(C(NC)C(C)CC)sc1C. The van der Waals surface area contributed by atoms with E-state index in [1.165, 1.54) is 22.0 Å². The summed E-state index contributed by atoms with van der Waals surface area (Å²) in [6.45, 7) is 8.85. The minimum absolute atomic E-state index is 0.416. The Morgan fingerprint density at radius 2 is 2.07 bits per heavy atom. The lowest BCUT2D eigenvalue weighted by Crippen LogP contribution is -2.22. The lowest BCUT2D eigenvalue weighted by Gasteiger charge is -2.19. The number of aromatic nitrogens is 1. The predicted molar refractivity (Wildman–Crippen MR) is 67.5 cm³/mol. The normalized spacial score (nSPS) is 15.3. The maximum atomic E-state index is 4.72. The highest BCUT2D eigenvalue weighted by molar-refractivity contribution is 7.11. The van der Waals surface area contributed by atoms with Gasteiger partial charge in [0.05, 0.1) is 11.7 Å². The van der Waals surface area contributed by atoms with E-state index in [0.29, 0.717) is 12.0 Å². The molecule has 2 atom stereocenters. The Morgan fingerprint density at radius 1 is 1.40 bits per heavy atom. The van der Waals surface area contributed by atoms with Crippen LogP contribution < -0.4 is 5.32 Å². The topological polar surface area (TPSA) is 24.9 Å². The van der Waals surface area contributed by atoms with Crippen LogP contribution in [0.4, 0.5) is 0 Å². The zero-order valence-electron chi connectivity index (χ0n) is 10.4. The molecule has 0 saturated carbocycles. The van der Waals surface area contributed by atoms with Gasteiger partial charge in [0.15, 0.2) is 0 Å². The third-order valence-electron chi connectivity index (χ3n) is 3.03. The molecule has 0 radical (unpaired) electrons. The van der Waals surface area contributed by atoms with Gasteiger partial charge in [0.1, 0.15) is 5.01 Å². The first-order valence-electron chi connectivity index (χ1n) is 5.77. The highest BCUT2D eigenvalue weighted by Crippen LogP contribution is 2.29. The van der Waals surface area contributed by atoms with Crippen molar-refractivity contribution >= 4 is 11.3 Å². The zero-order valence-corrected chi connectivity index (χ0v) is 11.2. The summed E-state index contributed by atoms with van der Waals surface area (Å²) < 4.78 is 0. The van der Waals surface area contributed by atoms with Gasteiger partial charge in [-0.25, -0.2) is 4.98 Å². The molecule has 0 spiro atoms. The first-order valence-corrected chi connectivity index (χ1v) is 6.59. The van der Waals surface area contributed by atoms with Crippen LogP contribution in [0.2, 0.25) is 0 Å². The van der Waals surface area contributed by atoms with Crippen LogP contribution in [0.1, 0.15) is 48.8 Å². The van der Waals surface area contributed by atoms with Gasteiger partial charge < -0.3 is 5.32 Å². The molecular formula is C12H22N2S. The number of nitrogens with zero attached hydrogens (tertiary/aromatic N) is 1. The van der Waals surface area contributed by atoms with Crippen LogP contribution in [0, 0.1) is 12.8 Å². The largest absolute Gasteiger partial charge is 0.311 e. The predicted octanol–water partition coefficient (Wildman–Crippen LogP) is 3.32. The second-order valence-corrected chi connectivity index (χ2v) is 5.30. The van der Waals surface area contributed by atoms with Crippen LogP contribution in [0.15, 0.2) is 0 Å². The van der Waals surface area contributed by atoms with Crippen molar-refractivity contribution in [3.63, 3.8) is 0 Å². The third kappa shape index (κ3) is 2.79. The molecule has 86 valence electrons. The van der Waals surface area contributed by atoms with E-state index in [1.807, 2.05) is 18.4 Å². The minimum Gasteiger partial charge on any atom is -0.311 e. The standard InChI is InChI=1S/C12H22N2S/c1-6-8(3)11(13-5)12-14-10(7-2)9(4)15-12/h8,11,13H,6-7H2,1-5H3. The summed E-state index contributed by atoms with van der Waals surface area (Å²) in [5.74, 6) is 0.644. The fourth-order valence-electron chi connectivity index (χ4n) is 1.80. The fourth-order valence-corrected chi connectivity index (χ4v) is 3.05. The van der Waals surface area contributed by atoms with Crippen LogP contribution in [-0.2, 0) is 6.42 Å². The molecule has 2 unspecified atom stereocenters. The quantitative estimate of drug-likeness (QED) is 0.833. The number of hydrogen-bond donors (Lipinski definition) is 1. The van der Waals surface area contributed by atoms with E-state index in [1.54, 1.807) is 0 Å². The molecule has 0 aliphatic rings. The van der Waals surface area contributed by atoms with E-state index in [-0.39, 0.29) is 0 Å². The van der Waals surface area contributed by atoms with Gasteiger partial charge in [0.25, 0.3) is 0 Å². The first kappa shape index (κ1) is 12.7. The average Bonchev–Trinajstić information content (AvgIpc) is 2.60. The Balaban J connectivity index is 2.92. The summed E-state index contributed by atoms with van der Waals surface area (Å²) in [4.78, 5) is 6.10. The molecule has 3 heteroatoms. The van der Waals surface area contributed by atoms with Gasteiger partial charge >= 0.3 is 0 Å². The number of hydrogen-bond acceptors (Lipinski definition) is 3. The van der Waals surface area contributed by atoms with Crippen molar-refractivity contribution in [3.05, 3.63) is 15.6 Å². The van der Waals surface area contributed by atoms with Gasteiger partial charge in [-0.1, -0.05) is 27.2 Å². The Kier molecular flexibility index (Phi) is 4.74. The van der Waals surface area contributed by atoms with Crippen molar-refractivity contribution in [1.29, 1.82) is 0 Å². The summed E-state index contributed by atoms with van der Waals surface area (Å²) in [7, 11) is 2.03. The van der Waals surface area contributed by atoms with E-state index in [2.05, 4.69) is 33.0 Å². The number of rotatable bonds is 5. The molecule has 1 aromatic heterocycles. The second kappa shape index (κ2) is 5.61. The summed E-state index contributed by atoms with van der Waals surface area (Å²) >= 11 is 1.84. The second-order valence-electron chi connectivity index (χ2n) is 4.06. The first-order chi connectivity index (χ1) is 7.13. The summed E-state index contributed by atoms with van der Waals surface area (Å²) in [6, 6.07) is 0.416. The molecule has 1 heterocycles. The van der Waals surface area contributed by atoms with Crippen LogP contribution in [-0.4, -0.2) is 12.0 Å². The van der Waals surface area contributed by atoms with Gasteiger partial charge in [0.2, 0.25) is 0 Å². The minimum atomic E-state index is 0.416. The summed E-state index contributed by atoms with van der Waals surface area (Å²) in [5, 5.41) is 4.63. The molecule has 1 N–H and O–H groups in total. The van der Waals surface area contributed by atoms with Gasteiger partial charge in [-0.15, -0.1) is 11.3 Å². The molecule has 0 amide bonds. The van der Waals surface area contributed by atoms with Crippen molar-refractivity contribution in [2.24, 2.45) is 5.92 Å². The maximum absolute atomic E-state index is 4.72. The maximum Gasteiger partial charge on any atom is 0.110 e. The highest BCUT2D eigenvalue weighted by atomic mass is 32.1. The molecule has 1 rings (SSSR count). The fraction of sp³-hybridized carbons (Fsp3) is 0.750. The molecule has 0 aromatic carbocycles. The van der Waals surface area contributed by atoms with E-state index in [0.717, 1.165) is 6.42 Å². The van der Waals surface area contributed by atoms with Crippen molar-refractivity contribution in [2.75, 3.05) is 7.05 Å². The molecule has 0 saturated heterocycles. The molecule has 2 nitrogen and oxygen atoms in total. The Morgan fingerprint density at radius 3 is 2.47 bits per heavy atom. The molecular weight excluding hydrogens is 204 g/mol. The number of thiazole rings is 1. The van der Waals surface area contributed by atoms with E-state index < -0.39 is 0 Å². The molecule has 0 bridgehead atoms. The van der Waals surface area contributed by atoms with Crippen molar-refractivity contribution in [1.82, 2.24) is 10.3 Å². The van der Waals surface area contributed by atoms with E-state index >= 15 is 0 Å². The van der Waals surface area contributed by atoms with Crippen LogP contribution >= 0.6 is 11.3 Å². The van der Waals surface area contributed by atoms with Crippen LogP contribution in [0.3, 0.4) is 0 Å². The lowest BCUT2D eigenvalue weighted by atomic mass is 10.00. The average molecular weight is 226 g/mol. The van der Waals surface area contributed by atoms with Gasteiger partial charge in [-0.2, -0.15) is 0 Å². The lowest BCUT2D eigenvalue weighted by molar-refractivity contribution is 0.399. The van der Waals surface area contributed by atoms with Gasteiger partial charge in [-0.05, 0) is 26.3 Å². The van der Waals surface area contributed by atoms with Crippen molar-refractivity contribution < 1.29 is 0 Å². The van der Waals surface area contributed by atoms with Crippen molar-refractivity contribution in [2.45, 2.75) is 46.6 Å². The molecule has 0 aliphatic heterocycles. The highest BCUT2D eigenvalue weighted by Gasteiger charge is 2.20. The summed E-state index contributed by atoms with van der Waals surface area (Å²) in [5.41, 5.74) is 1.26. The molecule has 0 aliphatic carbocycles. The van der Waals surface area contributed by atoms with Crippen molar-refractivity contribution in [3.8, 4) is 0 Å². The van der Waals surface area contributed by atoms with Gasteiger partial charge in [-0.3, -0.25) is 0 Å². The van der Waals surface area contributed by atoms with Crippen LogP contribution in [0.25, 0.3) is 0 Å². The summed E-state index contributed by atoms with van der Waals surface area (Å²) in [6.07, 6.45) is 2.23. The molecule has 1 aromatic rings. The Labute approximate surface area is 97.1 Å². The number of nitrogens with one attached hydrogen (secondary N) is 1. The van der Waals surface area contributed by atoms with E-state index in [4.69, 9.17) is 4.98 Å². The van der Waals surface area contributed by atoms with Gasteiger partial charge in [0, 0.05) is 4.88 Å². The molecule has 0 fully saturated rings. The Bertz CT molecular complexity index is 307. The number of aryl methyl sites for hydroxylation is 2.